The summed E-state index contributed by atoms with van der Waals surface area (Å²) in [4.78, 5) is 0. The molecule has 0 amide bonds. The monoisotopic (exact) mass is 378 g/mol. The van der Waals surface area contributed by atoms with E-state index in [1.165, 1.54) is 89.9 Å². The summed E-state index contributed by atoms with van der Waals surface area (Å²) in [5.74, 6) is 1.94. The van der Waals surface area contributed by atoms with Gasteiger partial charge in [0.05, 0.1) is 0 Å². The molecule has 0 aliphatic heterocycles. The van der Waals surface area contributed by atoms with Crippen LogP contribution >= 0.6 is 0 Å². The molecule has 1 aliphatic carbocycles. The SMILES string of the molecule is CCCCC(C)(C)C(C)(CCC(C)CC1CCCC1)C(C)(CC)CCCC. The smallest absolute Gasteiger partial charge is 0.0221 e. The molecule has 0 N–H and O–H groups in total. The van der Waals surface area contributed by atoms with E-state index in [0.717, 1.165) is 11.8 Å². The Labute approximate surface area is 173 Å². The molecule has 0 radical (unpaired) electrons. The lowest BCUT2D eigenvalue weighted by Gasteiger charge is -2.57. The quantitative estimate of drug-likeness (QED) is 0.282. The van der Waals surface area contributed by atoms with Gasteiger partial charge in [-0.1, -0.05) is 120 Å². The minimum Gasteiger partial charge on any atom is -0.0654 e. The normalized spacial score (nSPS) is 21.8. The van der Waals surface area contributed by atoms with Crippen molar-refractivity contribution in [2.45, 2.75) is 145 Å². The van der Waals surface area contributed by atoms with Gasteiger partial charge in [-0.3, -0.25) is 0 Å². The van der Waals surface area contributed by atoms with Crippen molar-refractivity contribution in [3.63, 3.8) is 0 Å². The van der Waals surface area contributed by atoms with Crippen LogP contribution in [0.4, 0.5) is 0 Å². The first-order valence-electron chi connectivity index (χ1n) is 12.7. The van der Waals surface area contributed by atoms with Gasteiger partial charge in [0, 0.05) is 0 Å². The second-order valence-corrected chi connectivity index (χ2v) is 11.4. The van der Waals surface area contributed by atoms with Crippen LogP contribution in [0.5, 0.6) is 0 Å². The molecule has 1 saturated carbocycles. The van der Waals surface area contributed by atoms with Crippen molar-refractivity contribution in [2.24, 2.45) is 28.1 Å². The topological polar surface area (TPSA) is 0 Å². The van der Waals surface area contributed by atoms with Crippen molar-refractivity contribution >= 4 is 0 Å². The molecule has 0 aromatic rings. The van der Waals surface area contributed by atoms with Crippen molar-refractivity contribution in [2.75, 3.05) is 0 Å². The lowest BCUT2D eigenvalue weighted by Crippen LogP contribution is -2.48. The Hall–Kier alpha value is 0. The van der Waals surface area contributed by atoms with Crippen LogP contribution in [-0.2, 0) is 0 Å². The van der Waals surface area contributed by atoms with Gasteiger partial charge in [0.2, 0.25) is 0 Å². The largest absolute Gasteiger partial charge is 0.0654 e. The van der Waals surface area contributed by atoms with Crippen molar-refractivity contribution < 1.29 is 0 Å². The zero-order chi connectivity index (χ0) is 20.6. The van der Waals surface area contributed by atoms with E-state index in [4.69, 9.17) is 0 Å². The minimum absolute atomic E-state index is 0.425. The molecule has 3 atom stereocenters. The molecule has 1 aliphatic rings. The summed E-state index contributed by atoms with van der Waals surface area (Å²) in [6, 6.07) is 0. The fourth-order valence-electron chi connectivity index (χ4n) is 6.23. The average molecular weight is 379 g/mol. The Balaban J connectivity index is 2.94. The molecule has 1 rings (SSSR count). The van der Waals surface area contributed by atoms with Gasteiger partial charge < -0.3 is 0 Å². The Morgan fingerprint density at radius 3 is 1.89 bits per heavy atom. The number of hydrogen-bond acceptors (Lipinski definition) is 0. The summed E-state index contributed by atoms with van der Waals surface area (Å²) in [7, 11) is 0. The van der Waals surface area contributed by atoms with Gasteiger partial charge in [0.25, 0.3) is 0 Å². The Morgan fingerprint density at radius 1 is 0.815 bits per heavy atom. The molecule has 0 heteroatoms. The first-order chi connectivity index (χ1) is 12.7. The van der Waals surface area contributed by atoms with E-state index in [1.54, 1.807) is 0 Å². The number of unbranched alkanes of at least 4 members (excludes halogenated alkanes) is 2. The van der Waals surface area contributed by atoms with Crippen LogP contribution in [0, 0.1) is 28.1 Å². The number of rotatable bonds is 14. The zero-order valence-electron chi connectivity index (χ0n) is 20.6. The highest BCUT2D eigenvalue weighted by atomic mass is 14.6. The summed E-state index contributed by atoms with van der Waals surface area (Å²) in [5, 5.41) is 0. The summed E-state index contributed by atoms with van der Waals surface area (Å²) < 4.78 is 0. The van der Waals surface area contributed by atoms with Gasteiger partial charge in [-0.05, 0) is 53.8 Å². The van der Waals surface area contributed by atoms with Crippen LogP contribution < -0.4 is 0 Å². The van der Waals surface area contributed by atoms with E-state index in [2.05, 4.69) is 55.4 Å². The van der Waals surface area contributed by atoms with Gasteiger partial charge in [-0.15, -0.1) is 0 Å². The summed E-state index contributed by atoms with van der Waals surface area (Å²) >= 11 is 0. The molecule has 0 aromatic carbocycles. The van der Waals surface area contributed by atoms with Gasteiger partial charge in [-0.2, -0.15) is 0 Å². The van der Waals surface area contributed by atoms with Gasteiger partial charge in [0.1, 0.15) is 0 Å². The third-order valence-electron chi connectivity index (χ3n) is 9.19. The summed E-state index contributed by atoms with van der Waals surface area (Å²) in [6.07, 6.45) is 19.9. The second kappa shape index (κ2) is 11.3. The molecule has 0 spiro atoms. The Kier molecular flexibility index (Phi) is 10.4. The van der Waals surface area contributed by atoms with Crippen LogP contribution in [0.2, 0.25) is 0 Å². The molecule has 0 saturated heterocycles. The van der Waals surface area contributed by atoms with Gasteiger partial charge >= 0.3 is 0 Å². The summed E-state index contributed by atoms with van der Waals surface area (Å²) in [6.45, 7) is 20.3. The average Bonchev–Trinajstić information content (AvgIpc) is 3.15. The van der Waals surface area contributed by atoms with Crippen LogP contribution in [-0.4, -0.2) is 0 Å². The first-order valence-corrected chi connectivity index (χ1v) is 12.7. The minimum atomic E-state index is 0.425. The lowest BCUT2D eigenvalue weighted by molar-refractivity contribution is -0.0734. The Bertz CT molecular complexity index is 389. The van der Waals surface area contributed by atoms with Crippen molar-refractivity contribution in [3.05, 3.63) is 0 Å². The fourth-order valence-corrected chi connectivity index (χ4v) is 6.23. The molecule has 0 aromatic heterocycles. The van der Waals surface area contributed by atoms with Gasteiger partial charge in [0.15, 0.2) is 0 Å². The van der Waals surface area contributed by atoms with Crippen LogP contribution in [0.15, 0.2) is 0 Å². The predicted octanol–water partition coefficient (Wildman–Crippen LogP) is 9.81. The highest BCUT2D eigenvalue weighted by molar-refractivity contribution is 5.00. The molecule has 27 heavy (non-hydrogen) atoms. The van der Waals surface area contributed by atoms with Crippen molar-refractivity contribution in [1.82, 2.24) is 0 Å². The molecule has 3 unspecified atom stereocenters. The first kappa shape index (κ1) is 25.0. The maximum absolute atomic E-state index is 2.68. The molecule has 162 valence electrons. The molecule has 1 fully saturated rings. The highest BCUT2D eigenvalue weighted by Gasteiger charge is 2.51. The van der Waals surface area contributed by atoms with Crippen molar-refractivity contribution in [3.8, 4) is 0 Å². The molecule has 0 heterocycles. The van der Waals surface area contributed by atoms with Gasteiger partial charge in [-0.25, -0.2) is 0 Å². The fraction of sp³-hybridized carbons (Fsp3) is 1.00. The lowest BCUT2D eigenvalue weighted by atomic mass is 9.48. The third kappa shape index (κ3) is 6.50. The van der Waals surface area contributed by atoms with E-state index in [0.29, 0.717) is 16.2 Å². The summed E-state index contributed by atoms with van der Waals surface area (Å²) in [5.41, 5.74) is 1.32. The predicted molar refractivity (Wildman–Crippen MR) is 124 cm³/mol. The van der Waals surface area contributed by atoms with E-state index in [9.17, 15) is 0 Å². The maximum Gasteiger partial charge on any atom is -0.0221 e. The molecular formula is C27H54. The molecular weight excluding hydrogens is 324 g/mol. The maximum atomic E-state index is 2.68. The van der Waals surface area contributed by atoms with Crippen LogP contribution in [0.3, 0.4) is 0 Å². The number of hydrogen-bond donors (Lipinski definition) is 0. The molecule has 0 nitrogen and oxygen atoms in total. The van der Waals surface area contributed by atoms with E-state index >= 15 is 0 Å². The van der Waals surface area contributed by atoms with E-state index in [1.807, 2.05) is 0 Å². The standard InChI is InChI=1S/C27H54/c1-9-12-19-25(5,6)27(8,26(7,11-3)20-13-10-2)21-18-23(4)22-24-16-14-15-17-24/h23-24H,9-22H2,1-8H3. The highest BCUT2D eigenvalue weighted by Crippen LogP contribution is 2.60. The zero-order valence-corrected chi connectivity index (χ0v) is 20.6. The van der Waals surface area contributed by atoms with Crippen molar-refractivity contribution in [1.29, 1.82) is 0 Å². The Morgan fingerprint density at radius 2 is 1.37 bits per heavy atom. The van der Waals surface area contributed by atoms with E-state index < -0.39 is 0 Å². The second-order valence-electron chi connectivity index (χ2n) is 11.4. The molecule has 0 bridgehead atoms. The van der Waals surface area contributed by atoms with Crippen LogP contribution in [0.1, 0.15) is 145 Å². The third-order valence-corrected chi connectivity index (χ3v) is 9.19. The van der Waals surface area contributed by atoms with E-state index in [-0.39, 0.29) is 0 Å². The van der Waals surface area contributed by atoms with Crippen LogP contribution in [0.25, 0.3) is 0 Å².